The van der Waals surface area contributed by atoms with E-state index in [1.54, 1.807) is 0 Å². The predicted molar refractivity (Wildman–Crippen MR) is 83.5 cm³/mol. The average Bonchev–Trinajstić information content (AvgIpc) is 2.31. The summed E-state index contributed by atoms with van der Waals surface area (Å²) < 4.78 is 0. The molecular weight excluding hydrogens is 232 g/mol. The van der Waals surface area contributed by atoms with Crippen LogP contribution in [0.3, 0.4) is 0 Å². The fourth-order valence-electron chi connectivity index (χ4n) is 3.80. The van der Waals surface area contributed by atoms with Gasteiger partial charge in [-0.1, -0.05) is 26.7 Å². The van der Waals surface area contributed by atoms with Gasteiger partial charge in [0.2, 0.25) is 0 Å². The Balaban J connectivity index is 1.82. The van der Waals surface area contributed by atoms with Crippen LogP contribution >= 0.6 is 0 Å². The molecule has 1 aliphatic carbocycles. The average molecular weight is 266 g/mol. The number of hydrogen-bond acceptors (Lipinski definition) is 2. The molecule has 2 fully saturated rings. The molecule has 1 saturated heterocycles. The van der Waals surface area contributed by atoms with Crippen molar-refractivity contribution in [2.75, 3.05) is 13.1 Å². The summed E-state index contributed by atoms with van der Waals surface area (Å²) in [5.41, 5.74) is 0.842. The molecule has 2 heteroatoms. The molecule has 1 aliphatic heterocycles. The lowest BCUT2D eigenvalue weighted by Gasteiger charge is -2.45. The van der Waals surface area contributed by atoms with Crippen molar-refractivity contribution in [1.29, 1.82) is 0 Å². The van der Waals surface area contributed by atoms with E-state index in [1.165, 1.54) is 51.6 Å². The first kappa shape index (κ1) is 15.3. The summed E-state index contributed by atoms with van der Waals surface area (Å²) >= 11 is 0. The monoisotopic (exact) mass is 266 g/mol. The Hall–Kier alpha value is -0.0800. The molecule has 1 unspecified atom stereocenters. The van der Waals surface area contributed by atoms with E-state index < -0.39 is 0 Å². The number of likely N-dealkylation sites (tertiary alicyclic amines) is 1. The molecule has 2 rings (SSSR count). The summed E-state index contributed by atoms with van der Waals surface area (Å²) in [5, 5.41) is 3.99. The van der Waals surface area contributed by atoms with Crippen LogP contribution in [0.4, 0.5) is 0 Å². The van der Waals surface area contributed by atoms with Gasteiger partial charge < -0.3 is 5.32 Å². The molecule has 1 heterocycles. The topological polar surface area (TPSA) is 15.3 Å². The van der Waals surface area contributed by atoms with E-state index >= 15 is 0 Å². The summed E-state index contributed by atoms with van der Waals surface area (Å²) in [4.78, 5) is 2.64. The third-order valence-corrected chi connectivity index (χ3v) is 5.39. The first-order chi connectivity index (χ1) is 8.79. The van der Waals surface area contributed by atoms with Gasteiger partial charge in [0, 0.05) is 30.7 Å². The lowest BCUT2D eigenvalue weighted by molar-refractivity contribution is 0.0796. The van der Waals surface area contributed by atoms with Crippen LogP contribution in [0.5, 0.6) is 0 Å². The molecule has 1 saturated carbocycles. The molecule has 112 valence electrons. The van der Waals surface area contributed by atoms with Crippen molar-refractivity contribution in [1.82, 2.24) is 10.2 Å². The minimum atomic E-state index is 0.342. The maximum Gasteiger partial charge on any atom is 0.0125 e. The van der Waals surface area contributed by atoms with Crippen molar-refractivity contribution in [3.63, 3.8) is 0 Å². The molecule has 1 N–H and O–H groups in total. The molecule has 0 bridgehead atoms. The van der Waals surface area contributed by atoms with Crippen molar-refractivity contribution >= 4 is 0 Å². The third-order valence-electron chi connectivity index (χ3n) is 5.39. The summed E-state index contributed by atoms with van der Waals surface area (Å²) in [6, 6.07) is 1.49. The highest BCUT2D eigenvalue weighted by Crippen LogP contribution is 2.36. The zero-order valence-electron chi connectivity index (χ0n) is 13.8. The van der Waals surface area contributed by atoms with Gasteiger partial charge >= 0.3 is 0 Å². The van der Waals surface area contributed by atoms with Crippen molar-refractivity contribution in [3.05, 3.63) is 0 Å². The highest BCUT2D eigenvalue weighted by molar-refractivity contribution is 4.92. The van der Waals surface area contributed by atoms with Gasteiger partial charge in [-0.15, -0.1) is 0 Å². The lowest BCUT2D eigenvalue weighted by Crippen LogP contribution is -2.54. The summed E-state index contributed by atoms with van der Waals surface area (Å²) in [6.45, 7) is 14.4. The Kier molecular flexibility index (Phi) is 4.62. The zero-order chi connectivity index (χ0) is 14.1. The number of nitrogens with zero attached hydrogens (tertiary/aromatic N) is 1. The third kappa shape index (κ3) is 3.95. The van der Waals surface area contributed by atoms with Crippen LogP contribution < -0.4 is 5.32 Å². The fraction of sp³-hybridized carbons (Fsp3) is 1.00. The van der Waals surface area contributed by atoms with Crippen molar-refractivity contribution in [2.24, 2.45) is 5.41 Å². The van der Waals surface area contributed by atoms with Gasteiger partial charge in [-0.2, -0.15) is 0 Å². The van der Waals surface area contributed by atoms with E-state index in [-0.39, 0.29) is 0 Å². The summed E-state index contributed by atoms with van der Waals surface area (Å²) in [6.07, 6.45) is 8.27. The summed E-state index contributed by atoms with van der Waals surface area (Å²) in [7, 11) is 0. The fourth-order valence-corrected chi connectivity index (χ4v) is 3.80. The molecule has 0 spiro atoms. The minimum absolute atomic E-state index is 0.342. The number of piperidine rings is 1. The Morgan fingerprint density at radius 3 is 2.16 bits per heavy atom. The minimum Gasteiger partial charge on any atom is -0.311 e. The Morgan fingerprint density at radius 2 is 1.63 bits per heavy atom. The molecule has 0 aromatic carbocycles. The first-order valence-electron chi connectivity index (χ1n) is 8.30. The van der Waals surface area contributed by atoms with Crippen molar-refractivity contribution < 1.29 is 0 Å². The van der Waals surface area contributed by atoms with Crippen molar-refractivity contribution in [3.8, 4) is 0 Å². The van der Waals surface area contributed by atoms with Gasteiger partial charge in [-0.3, -0.25) is 4.90 Å². The Bertz CT molecular complexity index is 282. The van der Waals surface area contributed by atoms with E-state index in [4.69, 9.17) is 0 Å². The quantitative estimate of drug-likeness (QED) is 0.817. The number of nitrogens with one attached hydrogen (secondary N) is 1. The molecule has 1 atom stereocenters. The second kappa shape index (κ2) is 5.73. The van der Waals surface area contributed by atoms with E-state index in [0.29, 0.717) is 11.0 Å². The molecule has 0 aromatic heterocycles. The lowest BCUT2D eigenvalue weighted by atomic mass is 9.73. The highest BCUT2D eigenvalue weighted by Gasteiger charge is 2.34. The van der Waals surface area contributed by atoms with Crippen LogP contribution in [-0.4, -0.2) is 35.6 Å². The van der Waals surface area contributed by atoms with Crippen LogP contribution in [0, 0.1) is 5.41 Å². The van der Waals surface area contributed by atoms with Crippen LogP contribution in [0.15, 0.2) is 0 Å². The largest absolute Gasteiger partial charge is 0.311 e. The van der Waals surface area contributed by atoms with Gasteiger partial charge in [0.1, 0.15) is 0 Å². The molecule has 19 heavy (non-hydrogen) atoms. The molecule has 2 aliphatic rings. The van der Waals surface area contributed by atoms with Gasteiger partial charge in [0.15, 0.2) is 0 Å². The Labute approximate surface area is 120 Å². The smallest absolute Gasteiger partial charge is 0.0125 e. The SMILES string of the molecule is CC1(C)CCCCC1NC1CCN(C(C)(C)C)CC1. The van der Waals surface area contributed by atoms with Gasteiger partial charge in [0.05, 0.1) is 0 Å². The van der Waals surface area contributed by atoms with Gasteiger partial charge in [-0.25, -0.2) is 0 Å². The second-order valence-electron chi connectivity index (χ2n) is 8.39. The van der Waals surface area contributed by atoms with Gasteiger partial charge in [-0.05, 0) is 51.9 Å². The van der Waals surface area contributed by atoms with Crippen LogP contribution in [0.25, 0.3) is 0 Å². The normalized spacial score (nSPS) is 30.5. The standard InChI is InChI=1S/C17H34N2/c1-16(2,3)19-12-9-14(10-13-19)18-15-8-6-7-11-17(15,4)5/h14-15,18H,6-13H2,1-5H3. The number of hydrogen-bond donors (Lipinski definition) is 1. The predicted octanol–water partition coefficient (Wildman–Crippen LogP) is 3.81. The van der Waals surface area contributed by atoms with E-state index in [1.807, 2.05) is 0 Å². The highest BCUT2D eigenvalue weighted by atomic mass is 15.2. The molecular formula is C17H34N2. The second-order valence-corrected chi connectivity index (χ2v) is 8.39. The summed E-state index contributed by atoms with van der Waals surface area (Å²) in [5.74, 6) is 0. The van der Waals surface area contributed by atoms with Crippen LogP contribution in [0.2, 0.25) is 0 Å². The zero-order valence-corrected chi connectivity index (χ0v) is 13.8. The molecule has 0 amide bonds. The number of rotatable bonds is 2. The Morgan fingerprint density at radius 1 is 1.00 bits per heavy atom. The van der Waals surface area contributed by atoms with E-state index in [9.17, 15) is 0 Å². The van der Waals surface area contributed by atoms with Crippen LogP contribution in [-0.2, 0) is 0 Å². The first-order valence-corrected chi connectivity index (χ1v) is 8.30. The van der Waals surface area contributed by atoms with Crippen molar-refractivity contribution in [2.45, 2.75) is 90.8 Å². The maximum absolute atomic E-state index is 3.99. The maximum atomic E-state index is 3.99. The molecule has 0 aromatic rings. The van der Waals surface area contributed by atoms with E-state index in [2.05, 4.69) is 44.8 Å². The van der Waals surface area contributed by atoms with Crippen LogP contribution in [0.1, 0.15) is 73.1 Å². The van der Waals surface area contributed by atoms with Gasteiger partial charge in [0.25, 0.3) is 0 Å². The van der Waals surface area contributed by atoms with E-state index in [0.717, 1.165) is 12.1 Å². The molecule has 0 radical (unpaired) electrons. The molecule has 2 nitrogen and oxygen atoms in total.